The van der Waals surface area contributed by atoms with Crippen molar-refractivity contribution in [3.63, 3.8) is 0 Å². The monoisotopic (exact) mass is 439 g/mol. The molecule has 4 aromatic rings. The molecule has 2 atom stereocenters. The number of aromatic nitrogens is 4. The molecule has 2 aromatic heterocycles. The lowest BCUT2D eigenvalue weighted by Gasteiger charge is -2.22. The van der Waals surface area contributed by atoms with Crippen LogP contribution >= 0.6 is 0 Å². The predicted octanol–water partition coefficient (Wildman–Crippen LogP) is 4.84. The standard InChI is InChI=1S/C22H16F3N5O2/c23-16-5-12(13-8-28-29(9-13)20-7-22(20,24)25)1-3-15(16)19-10-32-21(31)30(19)14-2-4-17-18(6-14)27-11-26-17/h1-6,8-9,11,19-20H,7,10H2,(H,26,27)/t19-,20?/m1/s1. The van der Waals surface area contributed by atoms with Gasteiger partial charge in [0.05, 0.1) is 29.2 Å². The van der Waals surface area contributed by atoms with Crippen LogP contribution in [0.1, 0.15) is 24.1 Å². The van der Waals surface area contributed by atoms with E-state index in [-0.39, 0.29) is 13.0 Å². The SMILES string of the molecule is O=C1OC[C@H](c2ccc(-c3cnn(C4CC4(F)F)c3)cc2F)N1c1ccc2nc[nH]c2c1. The van der Waals surface area contributed by atoms with Gasteiger partial charge in [-0.15, -0.1) is 0 Å². The Kier molecular flexibility index (Phi) is 3.89. The van der Waals surface area contributed by atoms with Crippen LogP contribution in [0, 0.1) is 5.82 Å². The van der Waals surface area contributed by atoms with Crippen molar-refractivity contribution in [3.8, 4) is 11.1 Å². The van der Waals surface area contributed by atoms with Crippen LogP contribution in [0.15, 0.2) is 55.1 Å². The number of ether oxygens (including phenoxy) is 1. The number of halogens is 3. The number of carbonyl (C=O) groups is 1. The molecule has 1 unspecified atom stereocenters. The van der Waals surface area contributed by atoms with Crippen LogP contribution in [0.3, 0.4) is 0 Å². The number of H-pyrrole nitrogens is 1. The van der Waals surface area contributed by atoms with Gasteiger partial charge in [0, 0.05) is 23.7 Å². The van der Waals surface area contributed by atoms with Crippen LogP contribution < -0.4 is 4.90 Å². The van der Waals surface area contributed by atoms with Gasteiger partial charge in [0.15, 0.2) is 0 Å². The van der Waals surface area contributed by atoms with Crippen molar-refractivity contribution in [3.05, 3.63) is 66.5 Å². The van der Waals surface area contributed by atoms with E-state index in [0.29, 0.717) is 22.4 Å². The van der Waals surface area contributed by atoms with Crippen molar-refractivity contribution in [1.82, 2.24) is 19.7 Å². The first-order valence-corrected chi connectivity index (χ1v) is 10.0. The Labute approximate surface area is 179 Å². The van der Waals surface area contributed by atoms with Gasteiger partial charge in [-0.3, -0.25) is 9.58 Å². The van der Waals surface area contributed by atoms with E-state index in [1.165, 1.54) is 28.0 Å². The van der Waals surface area contributed by atoms with Gasteiger partial charge in [-0.1, -0.05) is 12.1 Å². The largest absolute Gasteiger partial charge is 0.447 e. The van der Waals surface area contributed by atoms with E-state index in [1.807, 2.05) is 0 Å². The van der Waals surface area contributed by atoms with E-state index in [1.54, 1.807) is 36.7 Å². The molecule has 2 fully saturated rings. The molecule has 162 valence electrons. The Bertz CT molecular complexity index is 1360. The number of alkyl halides is 2. The highest BCUT2D eigenvalue weighted by molar-refractivity contribution is 5.93. The number of hydrogen-bond donors (Lipinski definition) is 1. The van der Waals surface area contributed by atoms with E-state index in [2.05, 4.69) is 15.1 Å². The second-order valence-corrected chi connectivity index (χ2v) is 7.99. The van der Waals surface area contributed by atoms with Crippen LogP contribution in [-0.4, -0.2) is 38.4 Å². The van der Waals surface area contributed by atoms with Crippen molar-refractivity contribution in [2.45, 2.75) is 24.4 Å². The first-order chi connectivity index (χ1) is 15.4. The number of fused-ring (bicyclic) bond motifs is 1. The zero-order valence-electron chi connectivity index (χ0n) is 16.5. The van der Waals surface area contributed by atoms with Gasteiger partial charge in [-0.05, 0) is 29.8 Å². The minimum absolute atomic E-state index is 0.00477. The molecule has 1 N–H and O–H groups in total. The second kappa shape index (κ2) is 6.59. The maximum absolute atomic E-state index is 15.2. The summed E-state index contributed by atoms with van der Waals surface area (Å²) in [5.41, 5.74) is 3.40. The molecule has 1 amide bonds. The number of imidazole rings is 1. The molecular formula is C22H16F3N5O2. The highest BCUT2D eigenvalue weighted by Crippen LogP contribution is 2.52. The molecule has 6 rings (SSSR count). The molecule has 10 heteroatoms. The zero-order chi connectivity index (χ0) is 22.0. The van der Waals surface area contributed by atoms with Gasteiger partial charge >= 0.3 is 6.09 Å². The average Bonchev–Trinajstić information content (AvgIpc) is 3.25. The number of rotatable bonds is 4. The molecule has 2 aliphatic rings. The van der Waals surface area contributed by atoms with E-state index in [9.17, 15) is 13.6 Å². The summed E-state index contributed by atoms with van der Waals surface area (Å²) in [6.07, 6.45) is 3.69. The molecule has 7 nitrogen and oxygen atoms in total. The van der Waals surface area contributed by atoms with Gasteiger partial charge in [0.25, 0.3) is 5.92 Å². The molecule has 2 aromatic carbocycles. The maximum Gasteiger partial charge on any atom is 0.415 e. The molecule has 1 aliphatic carbocycles. The summed E-state index contributed by atoms with van der Waals surface area (Å²) in [6, 6.07) is 8.26. The van der Waals surface area contributed by atoms with Crippen LogP contribution in [0.25, 0.3) is 22.2 Å². The number of cyclic esters (lactones) is 1. The maximum atomic E-state index is 15.2. The number of nitrogens with one attached hydrogen (secondary N) is 1. The topological polar surface area (TPSA) is 76.0 Å². The summed E-state index contributed by atoms with van der Waals surface area (Å²) in [5.74, 6) is -3.27. The third-order valence-electron chi connectivity index (χ3n) is 5.96. The van der Waals surface area contributed by atoms with Crippen LogP contribution in [0.5, 0.6) is 0 Å². The molecular weight excluding hydrogens is 423 g/mol. The molecule has 0 radical (unpaired) electrons. The highest BCUT2D eigenvalue weighted by atomic mass is 19.3. The number of benzene rings is 2. The van der Waals surface area contributed by atoms with E-state index < -0.39 is 29.9 Å². The minimum Gasteiger partial charge on any atom is -0.447 e. The Hall–Kier alpha value is -3.82. The smallest absolute Gasteiger partial charge is 0.415 e. The molecule has 1 saturated heterocycles. The fourth-order valence-corrected chi connectivity index (χ4v) is 4.13. The third kappa shape index (κ3) is 2.94. The molecule has 0 spiro atoms. The van der Waals surface area contributed by atoms with Crippen LogP contribution in [0.2, 0.25) is 0 Å². The summed E-state index contributed by atoms with van der Waals surface area (Å²) in [4.78, 5) is 21.0. The Balaban J connectivity index is 1.31. The zero-order valence-corrected chi connectivity index (χ0v) is 16.5. The third-order valence-corrected chi connectivity index (χ3v) is 5.96. The number of carbonyl (C=O) groups excluding carboxylic acids is 1. The first-order valence-electron chi connectivity index (χ1n) is 10.0. The fourth-order valence-electron chi connectivity index (χ4n) is 4.13. The molecule has 0 bridgehead atoms. The van der Waals surface area contributed by atoms with Gasteiger partial charge in [-0.2, -0.15) is 5.10 Å². The highest BCUT2D eigenvalue weighted by Gasteiger charge is 2.59. The number of amides is 1. The quantitative estimate of drug-likeness (QED) is 0.494. The Morgan fingerprint density at radius 1 is 1.16 bits per heavy atom. The summed E-state index contributed by atoms with van der Waals surface area (Å²) in [7, 11) is 0. The number of hydrogen-bond acceptors (Lipinski definition) is 4. The molecule has 1 aliphatic heterocycles. The normalized spacial score (nSPS) is 21.8. The lowest BCUT2D eigenvalue weighted by atomic mass is 10.0. The van der Waals surface area contributed by atoms with E-state index in [0.717, 1.165) is 11.0 Å². The van der Waals surface area contributed by atoms with E-state index in [4.69, 9.17) is 4.74 Å². The van der Waals surface area contributed by atoms with Gasteiger partial charge in [0.1, 0.15) is 24.5 Å². The molecule has 32 heavy (non-hydrogen) atoms. The van der Waals surface area contributed by atoms with Crippen LogP contribution in [0.4, 0.5) is 23.7 Å². The van der Waals surface area contributed by atoms with Crippen molar-refractivity contribution in [2.75, 3.05) is 11.5 Å². The van der Waals surface area contributed by atoms with Gasteiger partial charge in [0.2, 0.25) is 0 Å². The summed E-state index contributed by atoms with van der Waals surface area (Å²) < 4.78 is 48.2. The molecule has 1 saturated carbocycles. The summed E-state index contributed by atoms with van der Waals surface area (Å²) in [5, 5.41) is 4.00. The summed E-state index contributed by atoms with van der Waals surface area (Å²) in [6.45, 7) is 0.00477. The van der Waals surface area contributed by atoms with Gasteiger partial charge < -0.3 is 9.72 Å². The van der Waals surface area contributed by atoms with Crippen LogP contribution in [-0.2, 0) is 4.74 Å². The Morgan fingerprint density at radius 3 is 2.78 bits per heavy atom. The Morgan fingerprint density at radius 2 is 2.00 bits per heavy atom. The first kappa shape index (κ1) is 18.9. The van der Waals surface area contributed by atoms with Crippen molar-refractivity contribution in [2.24, 2.45) is 0 Å². The summed E-state index contributed by atoms with van der Waals surface area (Å²) >= 11 is 0. The van der Waals surface area contributed by atoms with Crippen molar-refractivity contribution < 1.29 is 22.7 Å². The average molecular weight is 439 g/mol. The lowest BCUT2D eigenvalue weighted by molar-refractivity contribution is 0.0983. The fraction of sp³-hybridized carbons (Fsp3) is 0.227. The van der Waals surface area contributed by atoms with E-state index >= 15 is 4.39 Å². The van der Waals surface area contributed by atoms with Gasteiger partial charge in [-0.25, -0.2) is 22.9 Å². The number of aromatic amines is 1. The second-order valence-electron chi connectivity index (χ2n) is 7.99. The van der Waals surface area contributed by atoms with Crippen molar-refractivity contribution in [1.29, 1.82) is 0 Å². The lowest BCUT2D eigenvalue weighted by Crippen LogP contribution is -2.27. The number of anilines is 1. The van der Waals surface area contributed by atoms with Crippen molar-refractivity contribution >= 4 is 22.8 Å². The molecule has 3 heterocycles. The predicted molar refractivity (Wildman–Crippen MR) is 109 cm³/mol. The number of nitrogens with zero attached hydrogens (tertiary/aromatic N) is 4. The minimum atomic E-state index is -2.74.